The van der Waals surface area contributed by atoms with Gasteiger partial charge < -0.3 is 9.55 Å². The fourth-order valence-electron chi connectivity index (χ4n) is 2.03. The number of aromatic nitrogens is 3. The molecule has 0 spiro atoms. The Bertz CT molecular complexity index is 834. The van der Waals surface area contributed by atoms with E-state index in [2.05, 4.69) is 32.8 Å². The number of hydrogen-bond donors (Lipinski definition) is 1. The van der Waals surface area contributed by atoms with Crippen LogP contribution in [0.4, 0.5) is 4.39 Å². The molecule has 104 valence electrons. The van der Waals surface area contributed by atoms with Gasteiger partial charge in [-0.1, -0.05) is 6.92 Å². The lowest BCUT2D eigenvalue weighted by atomic mass is 10.3. The van der Waals surface area contributed by atoms with Gasteiger partial charge in [0.2, 0.25) is 0 Å². The molecule has 2 heterocycles. The Labute approximate surface area is 132 Å². The highest BCUT2D eigenvalue weighted by Gasteiger charge is 2.10. The molecule has 3 rings (SSSR count). The molecular formula is C13H11BrFN3S2. The fourth-order valence-corrected chi connectivity index (χ4v) is 3.48. The Balaban J connectivity index is 2.08. The van der Waals surface area contributed by atoms with Crippen molar-refractivity contribution in [2.45, 2.75) is 19.9 Å². The number of benzene rings is 1. The van der Waals surface area contributed by atoms with Crippen molar-refractivity contribution in [3.8, 4) is 0 Å². The molecule has 1 aromatic carbocycles. The molecular weight excluding hydrogens is 361 g/mol. The van der Waals surface area contributed by atoms with Crippen LogP contribution in [0.1, 0.15) is 16.8 Å². The van der Waals surface area contributed by atoms with Gasteiger partial charge in [0.05, 0.1) is 22.1 Å². The summed E-state index contributed by atoms with van der Waals surface area (Å²) >= 11 is 10.2. The van der Waals surface area contributed by atoms with Gasteiger partial charge in [0, 0.05) is 17.1 Å². The van der Waals surface area contributed by atoms with Gasteiger partial charge in [-0.2, -0.15) is 0 Å². The van der Waals surface area contributed by atoms with E-state index in [4.69, 9.17) is 12.2 Å². The molecule has 0 unspecified atom stereocenters. The van der Waals surface area contributed by atoms with E-state index in [-0.39, 0.29) is 5.82 Å². The summed E-state index contributed by atoms with van der Waals surface area (Å²) in [5, 5.41) is 0.999. The quantitative estimate of drug-likeness (QED) is 0.678. The molecule has 0 aliphatic rings. The van der Waals surface area contributed by atoms with Crippen molar-refractivity contribution in [3.05, 3.63) is 43.3 Å². The number of fused-ring (bicyclic) bond motifs is 1. The number of nitrogens with one attached hydrogen (secondary N) is 1. The Morgan fingerprint density at radius 3 is 3.00 bits per heavy atom. The van der Waals surface area contributed by atoms with Crippen LogP contribution in [0.15, 0.2) is 22.8 Å². The van der Waals surface area contributed by atoms with Gasteiger partial charge in [-0.05, 0) is 40.6 Å². The van der Waals surface area contributed by atoms with E-state index in [1.54, 1.807) is 17.4 Å². The minimum absolute atomic E-state index is 0.302. The third-order valence-corrected chi connectivity index (χ3v) is 5.12. The molecule has 7 heteroatoms. The largest absolute Gasteiger partial charge is 0.330 e. The average Bonchev–Trinajstić information content (AvgIpc) is 2.98. The van der Waals surface area contributed by atoms with Gasteiger partial charge in [-0.15, -0.1) is 11.3 Å². The minimum atomic E-state index is -0.302. The Morgan fingerprint density at radius 1 is 1.50 bits per heavy atom. The number of halogens is 2. The zero-order valence-corrected chi connectivity index (χ0v) is 13.8. The van der Waals surface area contributed by atoms with Crippen molar-refractivity contribution in [1.82, 2.24) is 14.5 Å². The van der Waals surface area contributed by atoms with E-state index < -0.39 is 0 Å². The van der Waals surface area contributed by atoms with E-state index in [0.29, 0.717) is 21.3 Å². The fraction of sp³-hybridized carbons (Fsp3) is 0.231. The Hall–Kier alpha value is -1.05. The van der Waals surface area contributed by atoms with Gasteiger partial charge in [-0.25, -0.2) is 9.37 Å². The first-order valence-corrected chi connectivity index (χ1v) is 8.11. The van der Waals surface area contributed by atoms with Crippen LogP contribution in [-0.4, -0.2) is 14.5 Å². The zero-order valence-electron chi connectivity index (χ0n) is 10.6. The predicted octanol–water partition coefficient (Wildman–Crippen LogP) is 4.67. The zero-order chi connectivity index (χ0) is 14.3. The lowest BCUT2D eigenvalue weighted by molar-refractivity contribution is 0.622. The molecule has 0 fully saturated rings. The smallest absolute Gasteiger partial charge is 0.178 e. The third-order valence-electron chi connectivity index (χ3n) is 3.06. The van der Waals surface area contributed by atoms with E-state index >= 15 is 0 Å². The molecule has 0 aliphatic carbocycles. The second kappa shape index (κ2) is 5.38. The predicted molar refractivity (Wildman–Crippen MR) is 85.4 cm³/mol. The van der Waals surface area contributed by atoms with Crippen LogP contribution >= 0.6 is 39.5 Å². The Kier molecular flexibility index (Phi) is 3.74. The van der Waals surface area contributed by atoms with Crippen molar-refractivity contribution >= 4 is 50.5 Å². The molecule has 0 bridgehead atoms. The average molecular weight is 372 g/mol. The summed E-state index contributed by atoms with van der Waals surface area (Å²) in [6.07, 6.45) is 2.88. The topological polar surface area (TPSA) is 33.6 Å². The lowest BCUT2D eigenvalue weighted by Crippen LogP contribution is -1.99. The first-order chi connectivity index (χ1) is 9.58. The number of aryl methyl sites for hydroxylation is 1. The van der Waals surface area contributed by atoms with Gasteiger partial charge in [0.1, 0.15) is 10.8 Å². The maximum atomic E-state index is 13.5. The maximum absolute atomic E-state index is 13.5. The van der Waals surface area contributed by atoms with Gasteiger partial charge >= 0.3 is 0 Å². The van der Waals surface area contributed by atoms with Gasteiger partial charge in [-0.3, -0.25) is 0 Å². The summed E-state index contributed by atoms with van der Waals surface area (Å²) in [5.74, 6) is -0.302. The molecule has 20 heavy (non-hydrogen) atoms. The number of hydrogen-bond acceptors (Lipinski definition) is 3. The second-order valence-electron chi connectivity index (χ2n) is 4.37. The molecule has 0 saturated heterocycles. The summed E-state index contributed by atoms with van der Waals surface area (Å²) < 4.78 is 16.5. The molecule has 0 amide bonds. The summed E-state index contributed by atoms with van der Waals surface area (Å²) in [5.41, 5.74) is 1.57. The van der Waals surface area contributed by atoms with E-state index in [1.807, 2.05) is 10.8 Å². The maximum Gasteiger partial charge on any atom is 0.178 e. The second-order valence-corrected chi connectivity index (χ2v) is 6.81. The molecule has 1 N–H and O–H groups in total. The molecule has 3 aromatic rings. The summed E-state index contributed by atoms with van der Waals surface area (Å²) in [7, 11) is 0. The first-order valence-electron chi connectivity index (χ1n) is 6.09. The molecule has 3 nitrogen and oxygen atoms in total. The van der Waals surface area contributed by atoms with E-state index in [1.165, 1.54) is 10.9 Å². The van der Waals surface area contributed by atoms with Crippen molar-refractivity contribution in [2.24, 2.45) is 0 Å². The number of aromatic amines is 1. The van der Waals surface area contributed by atoms with Gasteiger partial charge in [0.25, 0.3) is 0 Å². The molecule has 0 aliphatic heterocycles. The van der Waals surface area contributed by atoms with Crippen LogP contribution in [-0.2, 0) is 13.0 Å². The minimum Gasteiger partial charge on any atom is -0.330 e. The van der Waals surface area contributed by atoms with Crippen LogP contribution in [0.2, 0.25) is 0 Å². The van der Waals surface area contributed by atoms with Crippen LogP contribution in [0, 0.1) is 10.6 Å². The lowest BCUT2D eigenvalue weighted by Gasteiger charge is -2.02. The number of H-pyrrole nitrogens is 1. The van der Waals surface area contributed by atoms with Gasteiger partial charge in [0.15, 0.2) is 4.77 Å². The molecule has 0 atom stereocenters. The molecule has 0 saturated carbocycles. The number of rotatable bonds is 3. The number of thiazole rings is 1. The SMILES string of the molecule is CCc1cnc(Cn2c(=S)[nH]c3cc(F)c(Br)cc32)s1. The standard InChI is InChI=1S/C13H11BrFN3S2/c1-2-7-5-16-12(20-7)6-18-11-3-8(14)9(15)4-10(11)17-13(18)19/h3-5H,2,6H2,1H3,(H,17,19). The highest BCUT2D eigenvalue weighted by atomic mass is 79.9. The van der Waals surface area contributed by atoms with E-state index in [0.717, 1.165) is 16.9 Å². The molecule has 0 radical (unpaired) electrons. The van der Waals surface area contributed by atoms with Crippen molar-refractivity contribution in [2.75, 3.05) is 0 Å². The summed E-state index contributed by atoms with van der Waals surface area (Å²) in [6, 6.07) is 3.19. The highest BCUT2D eigenvalue weighted by molar-refractivity contribution is 9.10. The van der Waals surface area contributed by atoms with Crippen LogP contribution in [0.3, 0.4) is 0 Å². The first kappa shape index (κ1) is 13.9. The van der Waals surface area contributed by atoms with Crippen molar-refractivity contribution in [1.29, 1.82) is 0 Å². The number of imidazole rings is 1. The summed E-state index contributed by atoms with van der Waals surface area (Å²) in [6.45, 7) is 2.70. The third kappa shape index (κ3) is 2.45. The van der Waals surface area contributed by atoms with E-state index in [9.17, 15) is 4.39 Å². The van der Waals surface area contributed by atoms with Crippen LogP contribution in [0.5, 0.6) is 0 Å². The normalized spacial score (nSPS) is 11.3. The van der Waals surface area contributed by atoms with Crippen molar-refractivity contribution < 1.29 is 4.39 Å². The summed E-state index contributed by atoms with van der Waals surface area (Å²) in [4.78, 5) is 8.68. The highest BCUT2D eigenvalue weighted by Crippen LogP contribution is 2.24. The van der Waals surface area contributed by atoms with Crippen molar-refractivity contribution in [3.63, 3.8) is 0 Å². The van der Waals surface area contributed by atoms with Crippen LogP contribution < -0.4 is 0 Å². The monoisotopic (exact) mass is 371 g/mol. The number of nitrogens with zero attached hydrogens (tertiary/aromatic N) is 2. The van der Waals surface area contributed by atoms with Crippen LogP contribution in [0.25, 0.3) is 11.0 Å². The Morgan fingerprint density at radius 2 is 2.30 bits per heavy atom. The molecule has 2 aromatic heterocycles.